The summed E-state index contributed by atoms with van der Waals surface area (Å²) in [6.45, 7) is 2.20. The Morgan fingerprint density at radius 3 is 2.88 bits per heavy atom. The molecule has 1 aromatic carbocycles. The van der Waals surface area contributed by atoms with Crippen LogP contribution >= 0.6 is 11.8 Å². The van der Waals surface area contributed by atoms with E-state index >= 15 is 0 Å². The Kier molecular flexibility index (Phi) is 6.66. The normalized spacial score (nSPS) is 21.6. The summed E-state index contributed by atoms with van der Waals surface area (Å²) in [5.41, 5.74) is 1.10. The zero-order chi connectivity index (χ0) is 18.4. The van der Waals surface area contributed by atoms with E-state index in [2.05, 4.69) is 15.6 Å². The molecular weight excluding hydrogens is 372 g/mol. The van der Waals surface area contributed by atoms with Gasteiger partial charge in [-0.15, -0.1) is 0 Å². The number of rotatable bonds is 5. The predicted molar refractivity (Wildman–Crippen MR) is 106 cm³/mol. The molecule has 7 nitrogen and oxygen atoms in total. The number of nitrogens with one attached hydrogen (secondary N) is 2. The second-order valence-corrected chi connectivity index (χ2v) is 9.51. The number of aliphatic imine (C=N–C) groups is 1. The molecule has 9 heteroatoms. The predicted octanol–water partition coefficient (Wildman–Crippen LogP) is 1.05. The first-order chi connectivity index (χ1) is 12.6. The van der Waals surface area contributed by atoms with Crippen LogP contribution in [0.5, 0.6) is 5.75 Å². The van der Waals surface area contributed by atoms with Gasteiger partial charge in [-0.1, -0.05) is 18.2 Å². The van der Waals surface area contributed by atoms with Crippen molar-refractivity contribution in [1.29, 1.82) is 0 Å². The molecule has 2 aliphatic rings. The Bertz CT molecular complexity index is 733. The number of hydrogen-bond donors (Lipinski definition) is 2. The number of nitrogens with zero attached hydrogens (tertiary/aromatic N) is 2. The van der Waals surface area contributed by atoms with E-state index in [9.17, 15) is 8.42 Å². The van der Waals surface area contributed by atoms with Crippen LogP contribution in [0.15, 0.2) is 29.3 Å². The number of para-hydroxylation sites is 1. The topological polar surface area (TPSA) is 83.0 Å². The fraction of sp³-hybridized carbons (Fsp3) is 0.588. The zero-order valence-electron chi connectivity index (χ0n) is 15.0. The van der Waals surface area contributed by atoms with Gasteiger partial charge in [0.25, 0.3) is 0 Å². The third kappa shape index (κ3) is 4.83. The van der Waals surface area contributed by atoms with Gasteiger partial charge in [0, 0.05) is 50.2 Å². The quantitative estimate of drug-likeness (QED) is 0.570. The van der Waals surface area contributed by atoms with Crippen LogP contribution in [0.1, 0.15) is 18.0 Å². The Hall–Kier alpha value is -1.45. The van der Waals surface area contributed by atoms with Crippen LogP contribution in [-0.2, 0) is 10.0 Å². The SMILES string of the molecule is CN=C(NCCS(=O)(=O)N1CCSCC1)NC1CCOc2ccccc21. The zero-order valence-corrected chi connectivity index (χ0v) is 16.6. The molecule has 2 heterocycles. The first kappa shape index (κ1) is 19.3. The van der Waals surface area contributed by atoms with E-state index in [4.69, 9.17) is 4.74 Å². The summed E-state index contributed by atoms with van der Waals surface area (Å²) >= 11 is 1.80. The Morgan fingerprint density at radius 2 is 2.12 bits per heavy atom. The molecule has 0 aliphatic carbocycles. The molecule has 1 saturated heterocycles. The highest BCUT2D eigenvalue weighted by molar-refractivity contribution is 7.99. The highest BCUT2D eigenvalue weighted by atomic mass is 32.2. The van der Waals surface area contributed by atoms with Crippen LogP contribution in [0, 0.1) is 0 Å². The van der Waals surface area contributed by atoms with E-state index in [1.165, 1.54) is 0 Å². The highest BCUT2D eigenvalue weighted by Crippen LogP contribution is 2.31. The standard InChI is InChI=1S/C17H26N4O3S2/c1-18-17(19-7-13-26(22,23)21-8-11-25-12-9-21)20-15-6-10-24-16-5-3-2-4-14(15)16/h2-5,15H,6-13H2,1H3,(H2,18,19,20). The molecule has 3 rings (SSSR count). The van der Waals surface area contributed by atoms with Crippen LogP contribution in [0.25, 0.3) is 0 Å². The van der Waals surface area contributed by atoms with Gasteiger partial charge in [-0.25, -0.2) is 12.7 Å². The smallest absolute Gasteiger partial charge is 0.215 e. The van der Waals surface area contributed by atoms with Crippen molar-refractivity contribution < 1.29 is 13.2 Å². The monoisotopic (exact) mass is 398 g/mol. The molecule has 0 bridgehead atoms. The fourth-order valence-corrected chi connectivity index (χ4v) is 5.60. The number of sulfonamides is 1. The van der Waals surface area contributed by atoms with Crippen LogP contribution in [0.4, 0.5) is 0 Å². The summed E-state index contributed by atoms with van der Waals surface area (Å²) in [4.78, 5) is 4.23. The fourth-order valence-electron chi connectivity index (χ4n) is 3.10. The van der Waals surface area contributed by atoms with Crippen molar-refractivity contribution in [2.24, 2.45) is 4.99 Å². The maximum Gasteiger partial charge on any atom is 0.215 e. The second kappa shape index (κ2) is 8.96. The third-order valence-electron chi connectivity index (χ3n) is 4.51. The first-order valence-electron chi connectivity index (χ1n) is 8.84. The van der Waals surface area contributed by atoms with Crippen molar-refractivity contribution in [2.45, 2.75) is 12.5 Å². The minimum absolute atomic E-state index is 0.0722. The van der Waals surface area contributed by atoms with Gasteiger partial charge in [-0.05, 0) is 6.07 Å². The van der Waals surface area contributed by atoms with Gasteiger partial charge in [0.2, 0.25) is 10.0 Å². The van der Waals surface area contributed by atoms with Crippen molar-refractivity contribution in [3.8, 4) is 5.75 Å². The Labute approximate surface area is 159 Å². The van der Waals surface area contributed by atoms with Crippen molar-refractivity contribution in [1.82, 2.24) is 14.9 Å². The van der Waals surface area contributed by atoms with Gasteiger partial charge in [-0.3, -0.25) is 4.99 Å². The molecule has 1 fully saturated rings. The second-order valence-electron chi connectivity index (χ2n) is 6.20. The lowest BCUT2D eigenvalue weighted by Gasteiger charge is -2.28. The lowest BCUT2D eigenvalue weighted by molar-refractivity contribution is 0.261. The van der Waals surface area contributed by atoms with Gasteiger partial charge in [0.1, 0.15) is 5.75 Å². The molecule has 1 aromatic rings. The van der Waals surface area contributed by atoms with E-state index in [-0.39, 0.29) is 11.8 Å². The summed E-state index contributed by atoms with van der Waals surface area (Å²) in [5, 5.41) is 6.50. The number of benzene rings is 1. The van der Waals surface area contributed by atoms with Gasteiger partial charge in [0.15, 0.2) is 5.96 Å². The van der Waals surface area contributed by atoms with E-state index in [1.54, 1.807) is 23.1 Å². The van der Waals surface area contributed by atoms with Crippen molar-refractivity contribution >= 4 is 27.7 Å². The number of guanidine groups is 1. The molecule has 0 spiro atoms. The van der Waals surface area contributed by atoms with Gasteiger partial charge >= 0.3 is 0 Å². The molecule has 2 aliphatic heterocycles. The maximum absolute atomic E-state index is 12.4. The summed E-state index contributed by atoms with van der Waals surface area (Å²) in [5.74, 6) is 3.31. The summed E-state index contributed by atoms with van der Waals surface area (Å²) in [7, 11) is -1.52. The van der Waals surface area contributed by atoms with Crippen molar-refractivity contribution in [3.63, 3.8) is 0 Å². The molecule has 0 radical (unpaired) electrons. The van der Waals surface area contributed by atoms with Crippen molar-refractivity contribution in [2.75, 3.05) is 50.5 Å². The number of hydrogen-bond acceptors (Lipinski definition) is 5. The average Bonchev–Trinajstić information content (AvgIpc) is 2.68. The molecular formula is C17H26N4O3S2. The third-order valence-corrected chi connectivity index (χ3v) is 7.32. The number of ether oxygens (including phenoxy) is 1. The maximum atomic E-state index is 12.4. The number of fused-ring (bicyclic) bond motifs is 1. The van der Waals surface area contributed by atoms with Crippen LogP contribution in [-0.4, -0.2) is 69.2 Å². The summed E-state index contributed by atoms with van der Waals surface area (Å²) in [6.07, 6.45) is 0.835. The lowest BCUT2D eigenvalue weighted by atomic mass is 10.0. The molecule has 1 atom stereocenters. The molecule has 0 amide bonds. The Morgan fingerprint density at radius 1 is 1.35 bits per heavy atom. The molecule has 2 N–H and O–H groups in total. The van der Waals surface area contributed by atoms with Gasteiger partial charge in [-0.2, -0.15) is 11.8 Å². The van der Waals surface area contributed by atoms with E-state index in [1.807, 2.05) is 24.3 Å². The van der Waals surface area contributed by atoms with Crippen LogP contribution in [0.2, 0.25) is 0 Å². The van der Waals surface area contributed by atoms with Crippen LogP contribution in [0.3, 0.4) is 0 Å². The van der Waals surface area contributed by atoms with Gasteiger partial charge in [0.05, 0.1) is 18.4 Å². The van der Waals surface area contributed by atoms with Crippen molar-refractivity contribution in [3.05, 3.63) is 29.8 Å². The molecule has 0 aromatic heterocycles. The average molecular weight is 399 g/mol. The molecule has 1 unspecified atom stereocenters. The highest BCUT2D eigenvalue weighted by Gasteiger charge is 2.24. The Balaban J connectivity index is 1.53. The first-order valence-corrected chi connectivity index (χ1v) is 11.6. The van der Waals surface area contributed by atoms with Gasteiger partial charge < -0.3 is 15.4 Å². The van der Waals surface area contributed by atoms with E-state index in [0.717, 1.165) is 29.2 Å². The molecule has 0 saturated carbocycles. The van der Waals surface area contributed by atoms with Crippen LogP contribution < -0.4 is 15.4 Å². The largest absolute Gasteiger partial charge is 0.493 e. The molecule has 144 valence electrons. The minimum Gasteiger partial charge on any atom is -0.493 e. The van der Waals surface area contributed by atoms with E-state index < -0.39 is 10.0 Å². The number of thioether (sulfide) groups is 1. The lowest BCUT2D eigenvalue weighted by Crippen LogP contribution is -2.45. The van der Waals surface area contributed by atoms with E-state index in [0.29, 0.717) is 32.2 Å². The minimum atomic E-state index is -3.21. The molecule has 26 heavy (non-hydrogen) atoms. The summed E-state index contributed by atoms with van der Waals surface area (Å²) < 4.78 is 32.1. The summed E-state index contributed by atoms with van der Waals surface area (Å²) in [6, 6.07) is 8.04.